The maximum absolute atomic E-state index is 5.83. The van der Waals surface area contributed by atoms with Crippen molar-refractivity contribution in [3.8, 4) is 0 Å². The monoisotopic (exact) mass is 206 g/mol. The number of aromatic nitrogens is 1. The van der Waals surface area contributed by atoms with Gasteiger partial charge in [-0.3, -0.25) is 4.98 Å². The van der Waals surface area contributed by atoms with Crippen molar-refractivity contribution in [1.82, 2.24) is 4.98 Å². The molecular formula is C13H22N2. The van der Waals surface area contributed by atoms with Gasteiger partial charge in [0.25, 0.3) is 0 Å². The highest BCUT2D eigenvalue weighted by Crippen LogP contribution is 2.24. The summed E-state index contributed by atoms with van der Waals surface area (Å²) in [6.45, 7) is 5.28. The molecule has 0 aromatic carbocycles. The molecule has 0 aliphatic carbocycles. The van der Waals surface area contributed by atoms with Gasteiger partial charge in [0, 0.05) is 12.4 Å². The zero-order chi connectivity index (χ0) is 11.1. The van der Waals surface area contributed by atoms with Crippen molar-refractivity contribution < 1.29 is 0 Å². The van der Waals surface area contributed by atoms with E-state index in [1.807, 2.05) is 12.4 Å². The molecule has 1 rings (SSSR count). The quantitative estimate of drug-likeness (QED) is 0.777. The van der Waals surface area contributed by atoms with E-state index < -0.39 is 0 Å². The van der Waals surface area contributed by atoms with Crippen LogP contribution in [-0.4, -0.2) is 11.5 Å². The van der Waals surface area contributed by atoms with E-state index in [1.165, 1.54) is 24.8 Å². The standard InChI is InChI=1S/C13H22N2/c1-3-4-11(2)9-13(10-14)12-5-7-15-8-6-12/h5-8,11,13H,3-4,9-10,14H2,1-2H3/t11-,13+/m0/s1. The molecular weight excluding hydrogens is 184 g/mol. The lowest BCUT2D eigenvalue weighted by Gasteiger charge is -2.19. The summed E-state index contributed by atoms with van der Waals surface area (Å²) in [6.07, 6.45) is 7.44. The van der Waals surface area contributed by atoms with Crippen molar-refractivity contribution in [1.29, 1.82) is 0 Å². The average molecular weight is 206 g/mol. The molecule has 1 aromatic rings. The second kappa shape index (κ2) is 6.57. The molecule has 2 nitrogen and oxygen atoms in total. The van der Waals surface area contributed by atoms with Gasteiger partial charge in [-0.25, -0.2) is 0 Å². The molecule has 2 N–H and O–H groups in total. The molecule has 2 heteroatoms. The van der Waals surface area contributed by atoms with Crippen LogP contribution in [0.15, 0.2) is 24.5 Å². The number of rotatable bonds is 6. The Kier molecular flexibility index (Phi) is 5.33. The maximum Gasteiger partial charge on any atom is 0.0270 e. The zero-order valence-electron chi connectivity index (χ0n) is 9.82. The molecule has 0 amide bonds. The van der Waals surface area contributed by atoms with E-state index in [0.29, 0.717) is 5.92 Å². The lowest BCUT2D eigenvalue weighted by atomic mass is 9.88. The Hall–Kier alpha value is -0.890. The second-order valence-electron chi connectivity index (χ2n) is 4.34. The molecule has 0 aliphatic rings. The topological polar surface area (TPSA) is 38.9 Å². The van der Waals surface area contributed by atoms with E-state index in [-0.39, 0.29) is 0 Å². The van der Waals surface area contributed by atoms with Gasteiger partial charge in [-0.2, -0.15) is 0 Å². The van der Waals surface area contributed by atoms with Gasteiger partial charge in [0.1, 0.15) is 0 Å². The van der Waals surface area contributed by atoms with Crippen LogP contribution in [-0.2, 0) is 0 Å². The fraction of sp³-hybridized carbons (Fsp3) is 0.615. The van der Waals surface area contributed by atoms with Crippen LogP contribution in [0.3, 0.4) is 0 Å². The first-order chi connectivity index (χ1) is 7.27. The third kappa shape index (κ3) is 4.00. The summed E-state index contributed by atoms with van der Waals surface area (Å²) in [6, 6.07) is 4.16. The molecule has 0 bridgehead atoms. The summed E-state index contributed by atoms with van der Waals surface area (Å²) in [5.41, 5.74) is 7.16. The Labute approximate surface area is 92.9 Å². The van der Waals surface area contributed by atoms with Crippen molar-refractivity contribution in [3.63, 3.8) is 0 Å². The van der Waals surface area contributed by atoms with Crippen LogP contribution in [0.25, 0.3) is 0 Å². The van der Waals surface area contributed by atoms with Crippen molar-refractivity contribution in [2.24, 2.45) is 11.7 Å². The number of hydrogen-bond donors (Lipinski definition) is 1. The Morgan fingerprint density at radius 3 is 2.53 bits per heavy atom. The Morgan fingerprint density at radius 1 is 1.33 bits per heavy atom. The molecule has 0 unspecified atom stereocenters. The molecule has 1 aromatic heterocycles. The van der Waals surface area contributed by atoms with Gasteiger partial charge in [0.15, 0.2) is 0 Å². The Bertz CT molecular complexity index is 258. The van der Waals surface area contributed by atoms with Gasteiger partial charge in [-0.15, -0.1) is 0 Å². The fourth-order valence-electron chi connectivity index (χ4n) is 2.10. The normalized spacial score (nSPS) is 14.9. The summed E-state index contributed by atoms with van der Waals surface area (Å²) in [4.78, 5) is 4.04. The van der Waals surface area contributed by atoms with Crippen LogP contribution in [0, 0.1) is 5.92 Å². The molecule has 1 heterocycles. The van der Waals surface area contributed by atoms with E-state index in [1.54, 1.807) is 0 Å². The number of nitrogens with zero attached hydrogens (tertiary/aromatic N) is 1. The van der Waals surface area contributed by atoms with E-state index >= 15 is 0 Å². The number of pyridine rings is 1. The van der Waals surface area contributed by atoms with Gasteiger partial charge < -0.3 is 5.73 Å². The first kappa shape index (κ1) is 12.2. The van der Waals surface area contributed by atoms with E-state index in [4.69, 9.17) is 5.73 Å². The Balaban J connectivity index is 2.56. The first-order valence-electron chi connectivity index (χ1n) is 5.87. The number of hydrogen-bond acceptors (Lipinski definition) is 2. The minimum atomic E-state index is 0.495. The molecule has 0 radical (unpaired) electrons. The molecule has 0 saturated carbocycles. The van der Waals surface area contributed by atoms with E-state index in [2.05, 4.69) is 31.0 Å². The molecule has 15 heavy (non-hydrogen) atoms. The molecule has 0 saturated heterocycles. The van der Waals surface area contributed by atoms with E-state index in [9.17, 15) is 0 Å². The summed E-state index contributed by atoms with van der Waals surface area (Å²) in [7, 11) is 0. The summed E-state index contributed by atoms with van der Waals surface area (Å²) in [5, 5.41) is 0. The average Bonchev–Trinajstić information content (AvgIpc) is 2.27. The van der Waals surface area contributed by atoms with Crippen molar-refractivity contribution in [3.05, 3.63) is 30.1 Å². The zero-order valence-corrected chi connectivity index (χ0v) is 9.82. The minimum Gasteiger partial charge on any atom is -0.330 e. The lowest BCUT2D eigenvalue weighted by Crippen LogP contribution is -2.15. The van der Waals surface area contributed by atoms with Crippen LogP contribution >= 0.6 is 0 Å². The van der Waals surface area contributed by atoms with Crippen LogP contribution in [0.1, 0.15) is 44.6 Å². The van der Waals surface area contributed by atoms with E-state index in [0.717, 1.165) is 12.5 Å². The Morgan fingerprint density at radius 2 is 2.00 bits per heavy atom. The third-order valence-electron chi connectivity index (χ3n) is 2.93. The molecule has 84 valence electrons. The van der Waals surface area contributed by atoms with Crippen molar-refractivity contribution in [2.75, 3.05) is 6.54 Å². The highest BCUT2D eigenvalue weighted by atomic mass is 14.6. The third-order valence-corrected chi connectivity index (χ3v) is 2.93. The fourth-order valence-corrected chi connectivity index (χ4v) is 2.10. The van der Waals surface area contributed by atoms with Gasteiger partial charge in [0.2, 0.25) is 0 Å². The van der Waals surface area contributed by atoms with Crippen molar-refractivity contribution in [2.45, 2.75) is 39.0 Å². The molecule has 0 spiro atoms. The van der Waals surface area contributed by atoms with Crippen molar-refractivity contribution >= 4 is 0 Å². The second-order valence-corrected chi connectivity index (χ2v) is 4.34. The summed E-state index contributed by atoms with van der Waals surface area (Å²) >= 11 is 0. The predicted octanol–water partition coefficient (Wildman–Crippen LogP) is 2.95. The predicted molar refractivity (Wildman–Crippen MR) is 64.7 cm³/mol. The largest absolute Gasteiger partial charge is 0.330 e. The van der Waals surface area contributed by atoms with Gasteiger partial charge >= 0.3 is 0 Å². The smallest absolute Gasteiger partial charge is 0.0270 e. The first-order valence-corrected chi connectivity index (χ1v) is 5.87. The van der Waals surface area contributed by atoms with Gasteiger partial charge in [0.05, 0.1) is 0 Å². The van der Waals surface area contributed by atoms with Gasteiger partial charge in [-0.05, 0) is 42.5 Å². The molecule has 0 fully saturated rings. The van der Waals surface area contributed by atoms with Crippen LogP contribution < -0.4 is 5.73 Å². The highest BCUT2D eigenvalue weighted by Gasteiger charge is 2.13. The van der Waals surface area contributed by atoms with Crippen LogP contribution in [0.4, 0.5) is 0 Å². The maximum atomic E-state index is 5.83. The summed E-state index contributed by atoms with van der Waals surface area (Å²) < 4.78 is 0. The summed E-state index contributed by atoms with van der Waals surface area (Å²) in [5.74, 6) is 1.26. The van der Waals surface area contributed by atoms with Crippen LogP contribution in [0.5, 0.6) is 0 Å². The van der Waals surface area contributed by atoms with Gasteiger partial charge in [-0.1, -0.05) is 26.7 Å². The minimum absolute atomic E-state index is 0.495. The highest BCUT2D eigenvalue weighted by molar-refractivity contribution is 5.16. The SMILES string of the molecule is CCC[C@H](C)C[C@H](CN)c1ccncc1. The molecule has 2 atom stereocenters. The molecule has 0 aliphatic heterocycles. The van der Waals surface area contributed by atoms with Crippen LogP contribution in [0.2, 0.25) is 0 Å². The number of nitrogens with two attached hydrogens (primary N) is 1. The lowest BCUT2D eigenvalue weighted by molar-refractivity contribution is 0.438.